The summed E-state index contributed by atoms with van der Waals surface area (Å²) in [6, 6.07) is 7.23. The molecule has 0 spiro atoms. The maximum Gasteiger partial charge on any atom is 0.335 e. The van der Waals surface area contributed by atoms with Crippen molar-refractivity contribution in [2.24, 2.45) is 0 Å². The monoisotopic (exact) mass is 276 g/mol. The van der Waals surface area contributed by atoms with Crippen molar-refractivity contribution in [2.45, 2.75) is 26.2 Å². The fourth-order valence-electron chi connectivity index (χ4n) is 2.65. The van der Waals surface area contributed by atoms with Crippen LogP contribution in [0.15, 0.2) is 24.3 Å². The first kappa shape index (κ1) is 14.9. The van der Waals surface area contributed by atoms with E-state index in [1.54, 1.807) is 12.1 Å². The van der Waals surface area contributed by atoms with Gasteiger partial charge in [0, 0.05) is 25.3 Å². The largest absolute Gasteiger partial charge is 0.478 e. The van der Waals surface area contributed by atoms with Crippen molar-refractivity contribution in [3.8, 4) is 0 Å². The number of rotatable bonds is 5. The van der Waals surface area contributed by atoms with Crippen LogP contribution in [0.25, 0.3) is 0 Å². The fraction of sp³-hybridized carbons (Fsp3) is 0.562. The van der Waals surface area contributed by atoms with Crippen LogP contribution in [0.4, 0.5) is 5.69 Å². The van der Waals surface area contributed by atoms with Gasteiger partial charge in [-0.15, -0.1) is 0 Å². The van der Waals surface area contributed by atoms with Gasteiger partial charge in [0.05, 0.1) is 5.56 Å². The van der Waals surface area contributed by atoms with Gasteiger partial charge < -0.3 is 14.9 Å². The summed E-state index contributed by atoms with van der Waals surface area (Å²) >= 11 is 0. The Morgan fingerprint density at radius 3 is 2.55 bits per heavy atom. The summed E-state index contributed by atoms with van der Waals surface area (Å²) < 4.78 is 0. The van der Waals surface area contributed by atoms with Gasteiger partial charge in [-0.3, -0.25) is 0 Å². The molecule has 1 aliphatic rings. The van der Waals surface area contributed by atoms with Crippen molar-refractivity contribution >= 4 is 11.7 Å². The van der Waals surface area contributed by atoms with E-state index in [0.29, 0.717) is 5.56 Å². The predicted octanol–water partition coefficient (Wildman–Crippen LogP) is 2.70. The lowest BCUT2D eigenvalue weighted by molar-refractivity contribution is 0.0697. The second-order valence-corrected chi connectivity index (χ2v) is 5.39. The number of hydrogen-bond acceptors (Lipinski definition) is 3. The van der Waals surface area contributed by atoms with E-state index in [9.17, 15) is 4.79 Å². The molecule has 0 atom stereocenters. The number of aromatic carboxylic acids is 1. The summed E-state index contributed by atoms with van der Waals surface area (Å²) in [4.78, 5) is 15.8. The third-order valence-corrected chi connectivity index (χ3v) is 3.90. The van der Waals surface area contributed by atoms with Crippen LogP contribution in [0.1, 0.15) is 36.5 Å². The van der Waals surface area contributed by atoms with Crippen LogP contribution in [-0.4, -0.2) is 48.7 Å². The van der Waals surface area contributed by atoms with Crippen molar-refractivity contribution in [1.29, 1.82) is 0 Å². The topological polar surface area (TPSA) is 43.8 Å². The maximum absolute atomic E-state index is 10.9. The first-order valence-corrected chi connectivity index (χ1v) is 7.51. The lowest BCUT2D eigenvalue weighted by atomic mass is 10.2. The summed E-state index contributed by atoms with van der Waals surface area (Å²) in [5.41, 5.74) is 1.49. The second-order valence-electron chi connectivity index (χ2n) is 5.39. The normalized spacial score (nSPS) is 16.9. The molecule has 1 heterocycles. The SMILES string of the molecule is CCCCN1CCCN(c2ccc(C(=O)O)cc2)CC1. The Labute approximate surface area is 121 Å². The summed E-state index contributed by atoms with van der Waals surface area (Å²) in [6.45, 7) is 7.77. The van der Waals surface area contributed by atoms with E-state index in [2.05, 4.69) is 16.7 Å². The minimum Gasteiger partial charge on any atom is -0.478 e. The summed E-state index contributed by atoms with van der Waals surface area (Å²) in [7, 11) is 0. The Bertz CT molecular complexity index is 431. The highest BCUT2D eigenvalue weighted by Crippen LogP contribution is 2.17. The Kier molecular flexibility index (Phi) is 5.41. The third-order valence-electron chi connectivity index (χ3n) is 3.90. The van der Waals surface area contributed by atoms with E-state index in [4.69, 9.17) is 5.11 Å². The Morgan fingerprint density at radius 2 is 1.90 bits per heavy atom. The number of anilines is 1. The van der Waals surface area contributed by atoms with Crippen LogP contribution in [0, 0.1) is 0 Å². The smallest absolute Gasteiger partial charge is 0.335 e. The summed E-state index contributed by atoms with van der Waals surface area (Å²) in [5, 5.41) is 8.93. The van der Waals surface area contributed by atoms with Crippen LogP contribution >= 0.6 is 0 Å². The zero-order valence-electron chi connectivity index (χ0n) is 12.2. The number of benzene rings is 1. The zero-order chi connectivity index (χ0) is 14.4. The number of carboxylic acid groups (broad SMARTS) is 1. The van der Waals surface area contributed by atoms with Crippen molar-refractivity contribution < 1.29 is 9.90 Å². The molecule has 0 bridgehead atoms. The minimum atomic E-state index is -0.863. The van der Waals surface area contributed by atoms with Crippen LogP contribution in [0.2, 0.25) is 0 Å². The van der Waals surface area contributed by atoms with Gasteiger partial charge in [0.1, 0.15) is 0 Å². The molecule has 1 aromatic rings. The molecule has 2 rings (SSSR count). The first-order chi connectivity index (χ1) is 9.70. The first-order valence-electron chi connectivity index (χ1n) is 7.51. The molecule has 0 radical (unpaired) electrons. The average molecular weight is 276 g/mol. The van der Waals surface area contributed by atoms with Gasteiger partial charge in [-0.05, 0) is 50.2 Å². The standard InChI is InChI=1S/C16H24N2O2/c1-2-3-9-17-10-4-11-18(13-12-17)15-7-5-14(6-8-15)16(19)20/h5-8H,2-4,9-13H2,1H3,(H,19,20). The highest BCUT2D eigenvalue weighted by Gasteiger charge is 2.15. The molecule has 1 N–H and O–H groups in total. The molecule has 1 saturated heterocycles. The molecule has 0 aromatic heterocycles. The van der Waals surface area contributed by atoms with Crippen LogP contribution in [-0.2, 0) is 0 Å². The number of nitrogens with zero attached hydrogens (tertiary/aromatic N) is 2. The average Bonchev–Trinajstić information content (AvgIpc) is 2.70. The Hall–Kier alpha value is -1.55. The molecule has 0 amide bonds. The van der Waals surface area contributed by atoms with E-state index in [0.717, 1.165) is 25.3 Å². The zero-order valence-corrected chi connectivity index (χ0v) is 12.2. The van der Waals surface area contributed by atoms with Crippen LogP contribution in [0.5, 0.6) is 0 Å². The van der Waals surface area contributed by atoms with Gasteiger partial charge in [-0.25, -0.2) is 4.79 Å². The van der Waals surface area contributed by atoms with Gasteiger partial charge in [-0.1, -0.05) is 13.3 Å². The van der Waals surface area contributed by atoms with Crippen LogP contribution < -0.4 is 4.90 Å². The lowest BCUT2D eigenvalue weighted by Crippen LogP contribution is -2.31. The number of unbranched alkanes of at least 4 members (excludes halogenated alkanes) is 1. The van der Waals surface area contributed by atoms with Crippen molar-refractivity contribution in [3.05, 3.63) is 29.8 Å². The molecule has 20 heavy (non-hydrogen) atoms. The van der Waals surface area contributed by atoms with E-state index in [-0.39, 0.29) is 0 Å². The molecule has 4 nitrogen and oxygen atoms in total. The predicted molar refractivity (Wildman–Crippen MR) is 81.6 cm³/mol. The highest BCUT2D eigenvalue weighted by molar-refractivity contribution is 5.88. The molecule has 0 aliphatic carbocycles. The van der Waals surface area contributed by atoms with Crippen molar-refractivity contribution in [1.82, 2.24) is 4.90 Å². The summed E-state index contributed by atoms with van der Waals surface area (Å²) in [5.74, 6) is -0.863. The fourth-order valence-corrected chi connectivity index (χ4v) is 2.65. The van der Waals surface area contributed by atoms with E-state index in [1.165, 1.54) is 32.4 Å². The van der Waals surface area contributed by atoms with Gasteiger partial charge in [0.15, 0.2) is 0 Å². The summed E-state index contributed by atoms with van der Waals surface area (Å²) in [6.07, 6.45) is 3.69. The molecule has 110 valence electrons. The number of carboxylic acids is 1. The second kappa shape index (κ2) is 7.29. The molecule has 1 fully saturated rings. The molecular weight excluding hydrogens is 252 g/mol. The lowest BCUT2D eigenvalue weighted by Gasteiger charge is -2.23. The number of carbonyl (C=O) groups is 1. The minimum absolute atomic E-state index is 0.355. The quantitative estimate of drug-likeness (QED) is 0.898. The van der Waals surface area contributed by atoms with Gasteiger partial charge >= 0.3 is 5.97 Å². The molecule has 1 aliphatic heterocycles. The molecule has 0 saturated carbocycles. The highest BCUT2D eigenvalue weighted by atomic mass is 16.4. The van der Waals surface area contributed by atoms with E-state index < -0.39 is 5.97 Å². The number of hydrogen-bond donors (Lipinski definition) is 1. The van der Waals surface area contributed by atoms with Crippen molar-refractivity contribution in [3.63, 3.8) is 0 Å². The molecular formula is C16H24N2O2. The van der Waals surface area contributed by atoms with Crippen LogP contribution in [0.3, 0.4) is 0 Å². The van der Waals surface area contributed by atoms with Crippen molar-refractivity contribution in [2.75, 3.05) is 37.6 Å². The Balaban J connectivity index is 1.94. The van der Waals surface area contributed by atoms with Gasteiger partial charge in [-0.2, -0.15) is 0 Å². The van der Waals surface area contributed by atoms with E-state index in [1.807, 2.05) is 12.1 Å². The van der Waals surface area contributed by atoms with E-state index >= 15 is 0 Å². The maximum atomic E-state index is 10.9. The molecule has 0 unspecified atom stereocenters. The van der Waals surface area contributed by atoms with Gasteiger partial charge in [0.2, 0.25) is 0 Å². The van der Waals surface area contributed by atoms with Gasteiger partial charge in [0.25, 0.3) is 0 Å². The Morgan fingerprint density at radius 1 is 1.15 bits per heavy atom. The molecule has 1 aromatic carbocycles. The molecule has 4 heteroatoms. The third kappa shape index (κ3) is 3.97.